The molecule has 0 saturated heterocycles. The third kappa shape index (κ3) is 14.1. The average Bonchev–Trinajstić information content (AvgIpc) is 2.04. The number of hydrogen-bond donors (Lipinski definition) is 1. The fraction of sp³-hybridized carbons (Fsp3) is 0.700. The molecule has 0 radical (unpaired) electrons. The zero-order valence-electron chi connectivity index (χ0n) is 6.93. The zero-order chi connectivity index (χ0) is 8.53. The van der Waals surface area contributed by atoms with Crippen molar-refractivity contribution in [3.63, 3.8) is 0 Å². The van der Waals surface area contributed by atoms with E-state index in [1.165, 1.54) is 6.08 Å². The summed E-state index contributed by atoms with van der Waals surface area (Å²) in [6.07, 6.45) is 2.12. The van der Waals surface area contributed by atoms with Crippen molar-refractivity contribution >= 4 is 5.91 Å². The second kappa shape index (κ2) is 13.7. The van der Waals surface area contributed by atoms with Crippen LogP contribution in [0, 0.1) is 0 Å². The van der Waals surface area contributed by atoms with Gasteiger partial charge in [-0.25, -0.2) is 0 Å². The minimum Gasteiger partial charge on any atom is -0.382 e. The van der Waals surface area contributed by atoms with Gasteiger partial charge < -0.3 is 10.1 Å². The van der Waals surface area contributed by atoms with Gasteiger partial charge in [-0.1, -0.05) is 21.4 Å². The first-order chi connectivity index (χ1) is 5.31. The van der Waals surface area contributed by atoms with Gasteiger partial charge in [0.25, 0.3) is 0 Å². The second-order valence-corrected chi connectivity index (χ2v) is 2.05. The highest BCUT2D eigenvalue weighted by atomic mass is 16.5. The maximum absolute atomic E-state index is 10.6. The normalized spacial score (nSPS) is 7.77. The van der Waals surface area contributed by atoms with Gasteiger partial charge in [0.2, 0.25) is 5.91 Å². The molecule has 0 unspecified atom stereocenters. The minimum absolute atomic E-state index is 0. The molecular formula is C10H23NO2. The number of carbonyl (C=O) groups excluding carboxylic acids is 1. The zero-order valence-corrected chi connectivity index (χ0v) is 6.93. The number of nitrogens with one attached hydrogen (secondary N) is 1. The summed E-state index contributed by atoms with van der Waals surface area (Å²) in [4.78, 5) is 10.6. The Balaban J connectivity index is -0.000000500. The molecule has 1 N–H and O–H groups in total. The van der Waals surface area contributed by atoms with E-state index in [1.807, 2.05) is 6.92 Å². The molecule has 0 aromatic heterocycles. The number of amides is 1. The Morgan fingerprint density at radius 2 is 2.15 bits per heavy atom. The Labute approximate surface area is 82.2 Å². The van der Waals surface area contributed by atoms with E-state index in [9.17, 15) is 4.79 Å². The topological polar surface area (TPSA) is 38.3 Å². The predicted molar refractivity (Wildman–Crippen MR) is 57.8 cm³/mol. The van der Waals surface area contributed by atoms with Crippen LogP contribution in [0.15, 0.2) is 12.7 Å². The number of hydrogen-bond acceptors (Lipinski definition) is 2. The SMILES string of the molecule is C.C.C=CC(=O)NCCCOCC. The van der Waals surface area contributed by atoms with E-state index < -0.39 is 0 Å². The molecule has 1 amide bonds. The van der Waals surface area contributed by atoms with Crippen LogP contribution in [-0.4, -0.2) is 25.7 Å². The number of ether oxygens (including phenoxy) is 1. The van der Waals surface area contributed by atoms with Crippen LogP contribution in [0.5, 0.6) is 0 Å². The third-order valence-corrected chi connectivity index (χ3v) is 1.15. The summed E-state index contributed by atoms with van der Waals surface area (Å²) in [7, 11) is 0. The molecule has 3 heteroatoms. The predicted octanol–water partition coefficient (Wildman–Crippen LogP) is 1.99. The molecule has 0 bridgehead atoms. The first kappa shape index (κ1) is 18.1. The lowest BCUT2D eigenvalue weighted by Crippen LogP contribution is -2.22. The molecule has 0 rings (SSSR count). The summed E-state index contributed by atoms with van der Waals surface area (Å²) in [5.74, 6) is -0.124. The lowest BCUT2D eigenvalue weighted by Gasteiger charge is -2.01. The standard InChI is InChI=1S/C8H15NO2.2CH4/c1-3-8(10)9-6-5-7-11-4-2;;/h3H,1,4-7H2,2H3,(H,9,10);2*1H4. The molecule has 0 fully saturated rings. The molecule has 0 aromatic carbocycles. The van der Waals surface area contributed by atoms with E-state index in [1.54, 1.807) is 0 Å². The molecule has 80 valence electrons. The molecule has 0 atom stereocenters. The van der Waals surface area contributed by atoms with E-state index in [2.05, 4.69) is 11.9 Å². The maximum atomic E-state index is 10.6. The fourth-order valence-electron chi connectivity index (χ4n) is 0.602. The van der Waals surface area contributed by atoms with Gasteiger partial charge in [0.05, 0.1) is 0 Å². The van der Waals surface area contributed by atoms with Crippen molar-refractivity contribution in [3.8, 4) is 0 Å². The highest BCUT2D eigenvalue weighted by Crippen LogP contribution is 1.79. The van der Waals surface area contributed by atoms with Crippen molar-refractivity contribution in [2.24, 2.45) is 0 Å². The molecule has 13 heavy (non-hydrogen) atoms. The van der Waals surface area contributed by atoms with Gasteiger partial charge in [-0.05, 0) is 19.4 Å². The monoisotopic (exact) mass is 189 g/mol. The van der Waals surface area contributed by atoms with Crippen molar-refractivity contribution in [3.05, 3.63) is 12.7 Å². The highest BCUT2D eigenvalue weighted by molar-refractivity contribution is 5.86. The Morgan fingerprint density at radius 1 is 1.54 bits per heavy atom. The van der Waals surface area contributed by atoms with Crippen LogP contribution >= 0.6 is 0 Å². The van der Waals surface area contributed by atoms with Gasteiger partial charge in [-0.3, -0.25) is 4.79 Å². The first-order valence-electron chi connectivity index (χ1n) is 3.79. The minimum atomic E-state index is -0.124. The number of carbonyl (C=O) groups is 1. The summed E-state index contributed by atoms with van der Waals surface area (Å²) in [5, 5.41) is 2.65. The quantitative estimate of drug-likeness (QED) is 0.512. The van der Waals surface area contributed by atoms with Crippen molar-refractivity contribution in [2.45, 2.75) is 28.2 Å². The van der Waals surface area contributed by atoms with Crippen LogP contribution in [0.25, 0.3) is 0 Å². The summed E-state index contributed by atoms with van der Waals surface area (Å²) >= 11 is 0. The maximum Gasteiger partial charge on any atom is 0.243 e. The van der Waals surface area contributed by atoms with Crippen LogP contribution in [0.3, 0.4) is 0 Å². The first-order valence-corrected chi connectivity index (χ1v) is 3.79. The van der Waals surface area contributed by atoms with E-state index in [4.69, 9.17) is 4.74 Å². The molecule has 0 aliphatic carbocycles. The molecule has 0 aromatic rings. The molecule has 0 heterocycles. The van der Waals surface area contributed by atoms with Crippen LogP contribution in [0.4, 0.5) is 0 Å². The summed E-state index contributed by atoms with van der Waals surface area (Å²) in [6.45, 7) is 7.37. The lowest BCUT2D eigenvalue weighted by atomic mass is 10.4. The van der Waals surface area contributed by atoms with Gasteiger partial charge in [0, 0.05) is 19.8 Å². The smallest absolute Gasteiger partial charge is 0.243 e. The van der Waals surface area contributed by atoms with Crippen molar-refractivity contribution in [2.75, 3.05) is 19.8 Å². The summed E-state index contributed by atoms with van der Waals surface area (Å²) < 4.78 is 5.07. The van der Waals surface area contributed by atoms with Gasteiger partial charge in [-0.15, -0.1) is 0 Å². The fourth-order valence-corrected chi connectivity index (χ4v) is 0.602. The van der Waals surface area contributed by atoms with E-state index in [0.29, 0.717) is 13.2 Å². The van der Waals surface area contributed by atoms with E-state index >= 15 is 0 Å². The Hall–Kier alpha value is -0.830. The van der Waals surface area contributed by atoms with Crippen molar-refractivity contribution in [1.82, 2.24) is 5.32 Å². The van der Waals surface area contributed by atoms with Gasteiger partial charge in [0.15, 0.2) is 0 Å². The molecule has 0 spiro atoms. The van der Waals surface area contributed by atoms with Crippen molar-refractivity contribution in [1.29, 1.82) is 0 Å². The average molecular weight is 189 g/mol. The summed E-state index contributed by atoms with van der Waals surface area (Å²) in [5.41, 5.74) is 0. The number of rotatable bonds is 6. The van der Waals surface area contributed by atoms with Gasteiger partial charge in [0.1, 0.15) is 0 Å². The van der Waals surface area contributed by atoms with Crippen LogP contribution in [0.1, 0.15) is 28.2 Å². The van der Waals surface area contributed by atoms with Gasteiger partial charge >= 0.3 is 0 Å². The highest BCUT2D eigenvalue weighted by Gasteiger charge is 1.91. The molecule has 0 aliphatic heterocycles. The second-order valence-electron chi connectivity index (χ2n) is 2.05. The van der Waals surface area contributed by atoms with Gasteiger partial charge in [-0.2, -0.15) is 0 Å². The van der Waals surface area contributed by atoms with Crippen LogP contribution in [-0.2, 0) is 9.53 Å². The third-order valence-electron chi connectivity index (χ3n) is 1.15. The molecule has 0 saturated carbocycles. The Morgan fingerprint density at radius 3 is 2.62 bits per heavy atom. The van der Waals surface area contributed by atoms with Crippen LogP contribution in [0.2, 0.25) is 0 Å². The Kier molecular flexibility index (Phi) is 19.1. The van der Waals surface area contributed by atoms with E-state index in [-0.39, 0.29) is 20.8 Å². The lowest BCUT2D eigenvalue weighted by molar-refractivity contribution is -0.116. The summed E-state index contributed by atoms with van der Waals surface area (Å²) in [6, 6.07) is 0. The van der Waals surface area contributed by atoms with Crippen molar-refractivity contribution < 1.29 is 9.53 Å². The molecule has 3 nitrogen and oxygen atoms in total. The molecule has 0 aliphatic rings. The Bertz CT molecular complexity index is 124. The molecular weight excluding hydrogens is 166 g/mol. The largest absolute Gasteiger partial charge is 0.382 e. The van der Waals surface area contributed by atoms with E-state index in [0.717, 1.165) is 13.0 Å². The van der Waals surface area contributed by atoms with Crippen LogP contribution < -0.4 is 5.32 Å².